The Hall–Kier alpha value is -1.63. The van der Waals surface area contributed by atoms with E-state index < -0.39 is 16.4 Å². The first kappa shape index (κ1) is 15.8. The highest BCUT2D eigenvalue weighted by Crippen LogP contribution is 2.34. The first-order valence-corrected chi connectivity index (χ1v) is 7.10. The molecule has 0 amide bonds. The summed E-state index contributed by atoms with van der Waals surface area (Å²) >= 11 is 15.0. The number of hydrogen-bond acceptors (Lipinski definition) is 4. The Balaban J connectivity index is 2.46. The summed E-state index contributed by atoms with van der Waals surface area (Å²) in [6.45, 7) is 0. The van der Waals surface area contributed by atoms with Crippen LogP contribution in [0.15, 0.2) is 39.8 Å². The lowest BCUT2D eigenvalue weighted by atomic mass is 10.2. The van der Waals surface area contributed by atoms with Crippen LogP contribution < -0.4 is 0 Å². The van der Waals surface area contributed by atoms with Crippen molar-refractivity contribution in [2.75, 3.05) is 0 Å². The predicted molar refractivity (Wildman–Crippen MR) is 86.2 cm³/mol. The zero-order valence-corrected chi connectivity index (χ0v) is 13.4. The van der Waals surface area contributed by atoms with E-state index in [0.29, 0.717) is 15.2 Å². The lowest BCUT2D eigenvalue weighted by molar-refractivity contribution is -0.385. The summed E-state index contributed by atoms with van der Waals surface area (Å²) in [6, 6.07) is 7.63. The van der Waals surface area contributed by atoms with Crippen LogP contribution in [-0.4, -0.2) is 16.2 Å². The lowest BCUT2D eigenvalue weighted by Gasteiger charge is -2.03. The average Bonchev–Trinajstić information content (AvgIpc) is 2.43. The summed E-state index contributed by atoms with van der Waals surface area (Å²) in [4.78, 5) is 14.3. The van der Waals surface area contributed by atoms with Crippen molar-refractivity contribution in [3.05, 3.63) is 60.5 Å². The monoisotopic (exact) mass is 388 g/mol. The van der Waals surface area contributed by atoms with Crippen molar-refractivity contribution >= 4 is 56.7 Å². The van der Waals surface area contributed by atoms with Gasteiger partial charge in [-0.05, 0) is 18.2 Å². The molecule has 2 aromatic carbocycles. The highest BCUT2D eigenvalue weighted by Gasteiger charge is 2.17. The molecule has 2 aromatic rings. The van der Waals surface area contributed by atoms with Crippen LogP contribution in [0.4, 0.5) is 11.4 Å². The molecule has 2 rings (SSSR count). The number of nitro benzene ring substituents is 1. The van der Waals surface area contributed by atoms with Crippen molar-refractivity contribution in [1.82, 2.24) is 0 Å². The van der Waals surface area contributed by atoms with Crippen molar-refractivity contribution in [2.24, 2.45) is 4.99 Å². The SMILES string of the molecule is O=[N+]([O-])c1cc(Br)cc(C=Nc2cccc(Cl)c2Cl)c1O. The largest absolute Gasteiger partial charge is 0.502 e. The van der Waals surface area contributed by atoms with Crippen molar-refractivity contribution in [3.63, 3.8) is 0 Å². The molecular formula is C13H7BrCl2N2O3. The van der Waals surface area contributed by atoms with E-state index in [9.17, 15) is 15.2 Å². The molecule has 0 bridgehead atoms. The highest BCUT2D eigenvalue weighted by atomic mass is 79.9. The minimum absolute atomic E-state index is 0.187. The second kappa shape index (κ2) is 6.43. The van der Waals surface area contributed by atoms with Crippen LogP contribution in [0, 0.1) is 10.1 Å². The van der Waals surface area contributed by atoms with Gasteiger partial charge in [0.15, 0.2) is 0 Å². The Morgan fingerprint density at radius 2 is 2.05 bits per heavy atom. The number of benzene rings is 2. The molecule has 0 fully saturated rings. The van der Waals surface area contributed by atoms with E-state index in [1.807, 2.05) is 0 Å². The topological polar surface area (TPSA) is 75.7 Å². The van der Waals surface area contributed by atoms with Crippen LogP contribution in [0.25, 0.3) is 0 Å². The van der Waals surface area contributed by atoms with Crippen molar-refractivity contribution in [3.8, 4) is 5.75 Å². The van der Waals surface area contributed by atoms with Gasteiger partial charge in [0, 0.05) is 22.3 Å². The molecule has 21 heavy (non-hydrogen) atoms. The summed E-state index contributed by atoms with van der Waals surface area (Å²) in [6.07, 6.45) is 1.28. The first-order valence-electron chi connectivity index (χ1n) is 5.55. The van der Waals surface area contributed by atoms with E-state index >= 15 is 0 Å². The van der Waals surface area contributed by atoms with E-state index in [1.54, 1.807) is 18.2 Å². The standard InChI is InChI=1S/C13H7BrCl2N2O3/c14-8-4-7(13(19)11(5-8)18(20)21)6-17-10-3-1-2-9(15)12(10)16/h1-6,19H. The maximum atomic E-state index is 10.8. The van der Waals surface area contributed by atoms with E-state index in [-0.39, 0.29) is 10.6 Å². The van der Waals surface area contributed by atoms with Crippen molar-refractivity contribution in [2.45, 2.75) is 0 Å². The van der Waals surface area contributed by atoms with Gasteiger partial charge in [-0.3, -0.25) is 15.1 Å². The zero-order valence-electron chi connectivity index (χ0n) is 10.3. The van der Waals surface area contributed by atoms with Crippen LogP contribution in [0.1, 0.15) is 5.56 Å². The Morgan fingerprint density at radius 3 is 2.71 bits per heavy atom. The number of aliphatic imine (C=N–C) groups is 1. The molecule has 0 radical (unpaired) electrons. The van der Waals surface area contributed by atoms with Gasteiger partial charge < -0.3 is 5.11 Å². The quantitative estimate of drug-likeness (QED) is 0.449. The Morgan fingerprint density at radius 1 is 1.33 bits per heavy atom. The normalized spacial score (nSPS) is 11.0. The number of rotatable bonds is 3. The van der Waals surface area contributed by atoms with Gasteiger partial charge in [0.25, 0.3) is 0 Å². The Kier molecular flexibility index (Phi) is 4.82. The third-order valence-corrected chi connectivity index (χ3v) is 3.82. The second-order valence-corrected chi connectivity index (χ2v) is 5.65. The van der Waals surface area contributed by atoms with Gasteiger partial charge in [0.1, 0.15) is 0 Å². The van der Waals surface area contributed by atoms with Gasteiger partial charge in [-0.25, -0.2) is 0 Å². The Labute approximate surface area is 138 Å². The number of phenols is 1. The van der Waals surface area contributed by atoms with E-state index in [1.165, 1.54) is 18.3 Å². The molecule has 0 unspecified atom stereocenters. The Bertz CT molecular complexity index is 750. The molecule has 5 nitrogen and oxygen atoms in total. The van der Waals surface area contributed by atoms with E-state index in [0.717, 1.165) is 0 Å². The number of aromatic hydroxyl groups is 1. The number of hydrogen-bond donors (Lipinski definition) is 1. The lowest BCUT2D eigenvalue weighted by Crippen LogP contribution is -1.92. The third-order valence-electron chi connectivity index (χ3n) is 2.55. The van der Waals surface area contributed by atoms with Gasteiger partial charge >= 0.3 is 5.69 Å². The minimum atomic E-state index is -0.677. The molecule has 0 spiro atoms. The fourth-order valence-corrected chi connectivity index (χ4v) is 2.38. The summed E-state index contributed by atoms with van der Waals surface area (Å²) in [7, 11) is 0. The first-order chi connectivity index (χ1) is 9.90. The van der Waals surface area contributed by atoms with Crippen LogP contribution in [0.5, 0.6) is 5.75 Å². The summed E-state index contributed by atoms with van der Waals surface area (Å²) in [5.74, 6) is -0.467. The van der Waals surface area contributed by atoms with Crippen LogP contribution in [0.3, 0.4) is 0 Å². The summed E-state index contributed by atoms with van der Waals surface area (Å²) < 4.78 is 0.450. The van der Waals surface area contributed by atoms with Gasteiger partial charge in [0.2, 0.25) is 5.75 Å². The summed E-state index contributed by atoms with van der Waals surface area (Å²) in [5.41, 5.74) is 0.168. The molecule has 0 saturated carbocycles. The van der Waals surface area contributed by atoms with E-state index in [4.69, 9.17) is 23.2 Å². The van der Waals surface area contributed by atoms with Crippen LogP contribution in [0.2, 0.25) is 10.0 Å². The fourth-order valence-electron chi connectivity index (χ4n) is 1.57. The van der Waals surface area contributed by atoms with Gasteiger partial charge in [-0.1, -0.05) is 45.2 Å². The molecule has 0 heterocycles. The van der Waals surface area contributed by atoms with Crippen LogP contribution in [-0.2, 0) is 0 Å². The molecule has 0 aliphatic carbocycles. The number of nitrogens with zero attached hydrogens (tertiary/aromatic N) is 2. The van der Waals surface area contributed by atoms with Crippen molar-refractivity contribution in [1.29, 1.82) is 0 Å². The molecule has 0 saturated heterocycles. The van der Waals surface area contributed by atoms with Gasteiger partial charge in [0.05, 0.1) is 20.7 Å². The minimum Gasteiger partial charge on any atom is -0.502 e. The van der Waals surface area contributed by atoms with Crippen molar-refractivity contribution < 1.29 is 10.0 Å². The molecule has 108 valence electrons. The second-order valence-electron chi connectivity index (χ2n) is 3.95. The molecule has 0 atom stereocenters. The molecule has 0 aliphatic heterocycles. The fraction of sp³-hybridized carbons (Fsp3) is 0. The number of nitro groups is 1. The molecule has 8 heteroatoms. The molecule has 1 N–H and O–H groups in total. The maximum Gasteiger partial charge on any atom is 0.312 e. The molecule has 0 aliphatic rings. The predicted octanol–water partition coefficient (Wildman–Crippen LogP) is 5.12. The van der Waals surface area contributed by atoms with E-state index in [2.05, 4.69) is 20.9 Å². The highest BCUT2D eigenvalue weighted by molar-refractivity contribution is 9.10. The molecule has 0 aromatic heterocycles. The summed E-state index contributed by atoms with van der Waals surface area (Å²) in [5, 5.41) is 21.3. The van der Waals surface area contributed by atoms with Crippen LogP contribution >= 0.6 is 39.1 Å². The third kappa shape index (κ3) is 3.53. The number of halogens is 3. The molecular weight excluding hydrogens is 383 g/mol. The average molecular weight is 390 g/mol. The zero-order chi connectivity index (χ0) is 15.6. The van der Waals surface area contributed by atoms with Gasteiger partial charge in [-0.15, -0.1) is 0 Å². The van der Waals surface area contributed by atoms with Gasteiger partial charge in [-0.2, -0.15) is 0 Å². The number of phenolic OH excluding ortho intramolecular Hbond substituents is 1. The smallest absolute Gasteiger partial charge is 0.312 e. The maximum absolute atomic E-state index is 10.8.